The predicted molar refractivity (Wildman–Crippen MR) is 90.6 cm³/mol. The number of anilines is 1. The van der Waals surface area contributed by atoms with Gasteiger partial charge in [-0.15, -0.1) is 11.3 Å². The van der Waals surface area contributed by atoms with Gasteiger partial charge in [0.05, 0.1) is 16.8 Å². The number of nitrogens with one attached hydrogen (secondary N) is 1. The molecule has 0 saturated carbocycles. The fourth-order valence-electron chi connectivity index (χ4n) is 2.02. The molecule has 0 spiro atoms. The molecule has 21 heavy (non-hydrogen) atoms. The third-order valence-corrected chi connectivity index (χ3v) is 4.69. The summed E-state index contributed by atoms with van der Waals surface area (Å²) in [5.41, 5.74) is 1.41. The highest BCUT2D eigenvalue weighted by Crippen LogP contribution is 2.30. The minimum absolute atomic E-state index is 0.0330. The lowest BCUT2D eigenvalue weighted by Gasteiger charge is -2.17. The average molecular weight is 323 g/mol. The fraction of sp³-hybridized carbons (Fsp3) is 0.312. The van der Waals surface area contributed by atoms with Crippen molar-refractivity contribution in [3.05, 3.63) is 50.7 Å². The summed E-state index contributed by atoms with van der Waals surface area (Å²) in [6, 6.07) is 9.67. The number of hydrogen-bond donors (Lipinski definition) is 1. The molecule has 1 N–H and O–H groups in total. The first kappa shape index (κ1) is 15.9. The Balaban J connectivity index is 2.23. The second-order valence-electron chi connectivity index (χ2n) is 5.21. The van der Waals surface area contributed by atoms with Crippen LogP contribution in [0.2, 0.25) is 5.02 Å². The van der Waals surface area contributed by atoms with Gasteiger partial charge >= 0.3 is 0 Å². The molecule has 1 atom stereocenters. The summed E-state index contributed by atoms with van der Waals surface area (Å²) in [6.45, 7) is 4.17. The number of amides is 1. The van der Waals surface area contributed by atoms with Crippen molar-refractivity contribution >= 4 is 34.5 Å². The lowest BCUT2D eigenvalue weighted by molar-refractivity contribution is 0.0827. The molecule has 0 radical (unpaired) electrons. The number of nitrogens with zero attached hydrogens (tertiary/aromatic N) is 1. The molecule has 112 valence electrons. The molecule has 1 heterocycles. The summed E-state index contributed by atoms with van der Waals surface area (Å²) >= 11 is 7.99. The minimum atomic E-state index is -0.0330. The van der Waals surface area contributed by atoms with E-state index in [1.807, 2.05) is 6.07 Å². The molecule has 0 bridgehead atoms. The summed E-state index contributed by atoms with van der Waals surface area (Å²) in [5, 5.41) is 4.00. The fourth-order valence-corrected chi connectivity index (χ4v) is 3.07. The van der Waals surface area contributed by atoms with Crippen LogP contribution >= 0.6 is 22.9 Å². The van der Waals surface area contributed by atoms with Crippen molar-refractivity contribution in [2.24, 2.45) is 0 Å². The Kier molecular flexibility index (Phi) is 4.91. The maximum atomic E-state index is 12.0. The van der Waals surface area contributed by atoms with Gasteiger partial charge in [0.2, 0.25) is 0 Å². The van der Waals surface area contributed by atoms with E-state index in [2.05, 4.69) is 31.3 Å². The minimum Gasteiger partial charge on any atom is -0.376 e. The Morgan fingerprint density at radius 1 is 1.29 bits per heavy atom. The number of halogens is 1. The van der Waals surface area contributed by atoms with Crippen LogP contribution in [0.1, 0.15) is 33.1 Å². The normalized spacial score (nSPS) is 12.0. The molecule has 0 aliphatic heterocycles. The number of aryl methyl sites for hydroxylation is 1. The number of thiophene rings is 1. The van der Waals surface area contributed by atoms with Crippen molar-refractivity contribution in [1.29, 1.82) is 0 Å². The predicted octanol–water partition coefficient (Wildman–Crippen LogP) is 4.58. The summed E-state index contributed by atoms with van der Waals surface area (Å²) < 4.78 is 0. The molecular weight excluding hydrogens is 304 g/mol. The van der Waals surface area contributed by atoms with Crippen molar-refractivity contribution in [1.82, 2.24) is 4.90 Å². The van der Waals surface area contributed by atoms with E-state index in [4.69, 9.17) is 11.6 Å². The molecular formula is C16H19ClN2OS. The van der Waals surface area contributed by atoms with Crippen LogP contribution in [0.5, 0.6) is 0 Å². The zero-order valence-corrected chi connectivity index (χ0v) is 14.2. The van der Waals surface area contributed by atoms with Crippen LogP contribution in [-0.2, 0) is 0 Å². The Hall–Kier alpha value is -1.52. The molecule has 0 aliphatic rings. The average Bonchev–Trinajstić information content (AvgIpc) is 2.87. The molecule has 1 amide bonds. The van der Waals surface area contributed by atoms with Gasteiger partial charge in [-0.2, -0.15) is 0 Å². The summed E-state index contributed by atoms with van der Waals surface area (Å²) in [7, 11) is 3.47. The number of carbonyl (C=O) groups is 1. The van der Waals surface area contributed by atoms with Gasteiger partial charge in [0, 0.05) is 29.4 Å². The second kappa shape index (κ2) is 6.50. The molecule has 0 fully saturated rings. The molecule has 1 aromatic carbocycles. The molecule has 1 aromatic heterocycles. The smallest absolute Gasteiger partial charge is 0.253 e. The summed E-state index contributed by atoms with van der Waals surface area (Å²) in [5.74, 6) is -0.0330. The van der Waals surface area contributed by atoms with Gasteiger partial charge in [-0.05, 0) is 44.2 Å². The Labute approximate surface area is 134 Å². The zero-order chi connectivity index (χ0) is 15.6. The van der Waals surface area contributed by atoms with E-state index in [-0.39, 0.29) is 11.9 Å². The topological polar surface area (TPSA) is 32.3 Å². The van der Waals surface area contributed by atoms with Crippen LogP contribution in [0, 0.1) is 6.92 Å². The SMILES string of the molecule is Cc1ccc(C(C)Nc2cc(C(=O)N(C)C)ccc2Cl)s1. The van der Waals surface area contributed by atoms with Crippen molar-refractivity contribution in [2.75, 3.05) is 19.4 Å². The van der Waals surface area contributed by atoms with Crippen molar-refractivity contribution < 1.29 is 4.79 Å². The van der Waals surface area contributed by atoms with Crippen LogP contribution in [-0.4, -0.2) is 24.9 Å². The zero-order valence-electron chi connectivity index (χ0n) is 12.6. The van der Waals surface area contributed by atoms with Crippen molar-refractivity contribution in [2.45, 2.75) is 19.9 Å². The van der Waals surface area contributed by atoms with Gasteiger partial charge in [-0.25, -0.2) is 0 Å². The summed E-state index contributed by atoms with van der Waals surface area (Å²) in [6.07, 6.45) is 0. The maximum Gasteiger partial charge on any atom is 0.253 e. The lowest BCUT2D eigenvalue weighted by atomic mass is 10.1. The summed E-state index contributed by atoms with van der Waals surface area (Å²) in [4.78, 5) is 16.1. The van der Waals surface area contributed by atoms with E-state index in [1.54, 1.807) is 42.5 Å². The third-order valence-electron chi connectivity index (χ3n) is 3.18. The molecule has 3 nitrogen and oxygen atoms in total. The first-order chi connectivity index (χ1) is 9.88. The van der Waals surface area contributed by atoms with Gasteiger partial charge in [-0.3, -0.25) is 4.79 Å². The molecule has 5 heteroatoms. The van der Waals surface area contributed by atoms with E-state index in [1.165, 1.54) is 9.75 Å². The second-order valence-corrected chi connectivity index (χ2v) is 6.94. The van der Waals surface area contributed by atoms with Gasteiger partial charge in [0.25, 0.3) is 5.91 Å². The van der Waals surface area contributed by atoms with E-state index < -0.39 is 0 Å². The Morgan fingerprint density at radius 2 is 2.00 bits per heavy atom. The number of hydrogen-bond acceptors (Lipinski definition) is 3. The first-order valence-electron chi connectivity index (χ1n) is 6.72. The monoisotopic (exact) mass is 322 g/mol. The largest absolute Gasteiger partial charge is 0.376 e. The number of benzene rings is 1. The van der Waals surface area contributed by atoms with Gasteiger partial charge in [-0.1, -0.05) is 11.6 Å². The Morgan fingerprint density at radius 3 is 2.57 bits per heavy atom. The van der Waals surface area contributed by atoms with Crippen LogP contribution in [0.25, 0.3) is 0 Å². The van der Waals surface area contributed by atoms with E-state index >= 15 is 0 Å². The van der Waals surface area contributed by atoms with Crippen molar-refractivity contribution in [3.8, 4) is 0 Å². The molecule has 2 aromatic rings. The number of carbonyl (C=O) groups excluding carboxylic acids is 1. The van der Waals surface area contributed by atoms with Gasteiger partial charge < -0.3 is 10.2 Å². The third kappa shape index (κ3) is 3.77. The van der Waals surface area contributed by atoms with Crippen LogP contribution in [0.4, 0.5) is 5.69 Å². The highest BCUT2D eigenvalue weighted by molar-refractivity contribution is 7.12. The van der Waals surface area contributed by atoms with Crippen molar-refractivity contribution in [3.63, 3.8) is 0 Å². The number of rotatable bonds is 4. The highest BCUT2D eigenvalue weighted by atomic mass is 35.5. The molecule has 2 rings (SSSR count). The molecule has 0 saturated heterocycles. The van der Waals surface area contributed by atoms with Gasteiger partial charge in [0.15, 0.2) is 0 Å². The highest BCUT2D eigenvalue weighted by Gasteiger charge is 2.13. The lowest BCUT2D eigenvalue weighted by Crippen LogP contribution is -2.21. The van der Waals surface area contributed by atoms with E-state index in [0.29, 0.717) is 10.6 Å². The van der Waals surface area contributed by atoms with Crippen LogP contribution < -0.4 is 5.32 Å². The Bertz CT molecular complexity index is 651. The quantitative estimate of drug-likeness (QED) is 0.893. The van der Waals surface area contributed by atoms with E-state index in [9.17, 15) is 4.79 Å². The van der Waals surface area contributed by atoms with Gasteiger partial charge in [0.1, 0.15) is 0 Å². The molecule has 1 unspecified atom stereocenters. The van der Waals surface area contributed by atoms with Crippen LogP contribution in [0.15, 0.2) is 30.3 Å². The molecule has 0 aliphatic carbocycles. The van der Waals surface area contributed by atoms with Crippen LogP contribution in [0.3, 0.4) is 0 Å². The standard InChI is InChI=1S/C16H19ClN2OS/c1-10-5-8-15(21-10)11(2)18-14-9-12(6-7-13(14)17)16(20)19(3)4/h5-9,11,18H,1-4H3. The van der Waals surface area contributed by atoms with E-state index in [0.717, 1.165) is 5.69 Å². The maximum absolute atomic E-state index is 12.0. The first-order valence-corrected chi connectivity index (χ1v) is 7.92.